The molecule has 3 saturated heterocycles. The topological polar surface area (TPSA) is 44.7 Å². The monoisotopic (exact) mass is 248 g/mol. The lowest BCUT2D eigenvalue weighted by molar-refractivity contribution is -0.125. The van der Waals surface area contributed by atoms with Crippen LogP contribution in [0, 0.1) is 5.92 Å². The fraction of sp³-hybridized carbons (Fsp3) is 0.571. The predicted octanol–water partition coefficient (Wildman–Crippen LogP) is 1.80. The lowest BCUT2D eigenvalue weighted by Crippen LogP contribution is -2.59. The number of piperidine rings is 3. The summed E-state index contributed by atoms with van der Waals surface area (Å²) in [6.07, 6.45) is 8.88. The second-order valence-corrected chi connectivity index (χ2v) is 5.46. The van der Waals surface area contributed by atoms with Crippen molar-refractivity contribution in [2.75, 3.05) is 19.6 Å². The Morgan fingerprint density at radius 3 is 2.78 bits per heavy atom. The standard InChI is InChI=1S/C14H20N2O2/c1-2-3-4-11-9-14(18-13(11)15-17)10-16-7-5-12(14)6-8-16/h2-4,12,15,17H,1,5-10H2/b4-3-. The van der Waals surface area contributed by atoms with Gasteiger partial charge >= 0.3 is 0 Å². The van der Waals surface area contributed by atoms with E-state index < -0.39 is 0 Å². The molecule has 1 spiro atoms. The molecule has 0 aromatic rings. The van der Waals surface area contributed by atoms with Crippen LogP contribution in [0.1, 0.15) is 19.3 Å². The van der Waals surface area contributed by atoms with Gasteiger partial charge in [0.15, 0.2) is 0 Å². The van der Waals surface area contributed by atoms with Gasteiger partial charge in [-0.05, 0) is 25.9 Å². The molecule has 0 saturated carbocycles. The first-order chi connectivity index (χ1) is 8.77. The Kier molecular flexibility index (Phi) is 2.92. The maximum Gasteiger partial charge on any atom is 0.214 e. The van der Waals surface area contributed by atoms with Crippen LogP contribution in [0.15, 0.2) is 36.3 Å². The van der Waals surface area contributed by atoms with Crippen LogP contribution in [0.3, 0.4) is 0 Å². The quantitative estimate of drug-likeness (QED) is 0.590. The molecule has 4 nitrogen and oxygen atoms in total. The Morgan fingerprint density at radius 2 is 2.22 bits per heavy atom. The van der Waals surface area contributed by atoms with Gasteiger partial charge in [-0.15, -0.1) is 0 Å². The second-order valence-electron chi connectivity index (χ2n) is 5.46. The van der Waals surface area contributed by atoms with Crippen molar-refractivity contribution in [3.8, 4) is 0 Å². The molecule has 1 atom stereocenters. The van der Waals surface area contributed by atoms with E-state index in [1.165, 1.54) is 25.9 Å². The number of nitrogens with zero attached hydrogens (tertiary/aromatic N) is 1. The molecular weight excluding hydrogens is 228 g/mol. The third kappa shape index (κ3) is 1.76. The van der Waals surface area contributed by atoms with Crippen LogP contribution in [0.25, 0.3) is 0 Å². The van der Waals surface area contributed by atoms with Gasteiger partial charge in [-0.25, -0.2) is 5.48 Å². The van der Waals surface area contributed by atoms with Gasteiger partial charge in [0, 0.05) is 24.5 Å². The van der Waals surface area contributed by atoms with E-state index in [2.05, 4.69) is 17.0 Å². The second kappa shape index (κ2) is 4.44. The molecule has 18 heavy (non-hydrogen) atoms. The van der Waals surface area contributed by atoms with E-state index in [1.807, 2.05) is 12.2 Å². The number of fused-ring (bicyclic) bond motifs is 2. The molecule has 4 aliphatic heterocycles. The van der Waals surface area contributed by atoms with Crippen LogP contribution < -0.4 is 5.48 Å². The Morgan fingerprint density at radius 1 is 1.44 bits per heavy atom. The molecule has 4 aliphatic rings. The number of allylic oxidation sites excluding steroid dienone is 3. The first-order valence-corrected chi connectivity index (χ1v) is 6.61. The van der Waals surface area contributed by atoms with Gasteiger partial charge in [-0.3, -0.25) is 10.1 Å². The molecule has 0 radical (unpaired) electrons. The molecule has 2 N–H and O–H groups in total. The predicted molar refractivity (Wildman–Crippen MR) is 68.9 cm³/mol. The highest BCUT2D eigenvalue weighted by atomic mass is 16.6. The summed E-state index contributed by atoms with van der Waals surface area (Å²) in [5.74, 6) is 1.13. The van der Waals surface area contributed by atoms with E-state index in [1.54, 1.807) is 6.08 Å². The highest BCUT2D eigenvalue weighted by Crippen LogP contribution is 2.47. The molecule has 3 fully saturated rings. The third-order valence-electron chi connectivity index (χ3n) is 4.44. The van der Waals surface area contributed by atoms with E-state index in [-0.39, 0.29) is 5.60 Å². The minimum absolute atomic E-state index is 0.123. The zero-order valence-electron chi connectivity index (χ0n) is 10.6. The van der Waals surface area contributed by atoms with Crippen molar-refractivity contribution in [1.82, 2.24) is 10.4 Å². The van der Waals surface area contributed by atoms with E-state index in [4.69, 9.17) is 4.74 Å². The van der Waals surface area contributed by atoms with Crippen LogP contribution in [-0.4, -0.2) is 35.3 Å². The number of hydrogen-bond donors (Lipinski definition) is 2. The maximum absolute atomic E-state index is 9.21. The number of nitrogens with one attached hydrogen (secondary N) is 1. The van der Waals surface area contributed by atoms with Crippen LogP contribution in [-0.2, 0) is 4.74 Å². The lowest BCUT2D eigenvalue weighted by Gasteiger charge is -2.50. The number of hydrogen-bond acceptors (Lipinski definition) is 4. The van der Waals surface area contributed by atoms with Gasteiger partial charge < -0.3 is 4.74 Å². The van der Waals surface area contributed by atoms with Crippen molar-refractivity contribution < 1.29 is 9.94 Å². The first kappa shape index (κ1) is 11.8. The van der Waals surface area contributed by atoms with Crippen molar-refractivity contribution in [3.63, 3.8) is 0 Å². The summed E-state index contributed by atoms with van der Waals surface area (Å²) >= 11 is 0. The number of rotatable bonds is 3. The summed E-state index contributed by atoms with van der Waals surface area (Å²) in [4.78, 5) is 2.47. The van der Waals surface area contributed by atoms with Crippen LogP contribution in [0.4, 0.5) is 0 Å². The molecule has 0 amide bonds. The summed E-state index contributed by atoms with van der Waals surface area (Å²) in [7, 11) is 0. The Hall–Kier alpha value is -1.26. The van der Waals surface area contributed by atoms with Gasteiger partial charge in [-0.1, -0.05) is 24.8 Å². The zero-order chi connectivity index (χ0) is 12.6. The molecule has 0 aromatic heterocycles. The molecule has 0 aliphatic carbocycles. The molecule has 4 rings (SSSR count). The van der Waals surface area contributed by atoms with E-state index in [0.29, 0.717) is 11.8 Å². The van der Waals surface area contributed by atoms with Crippen molar-refractivity contribution in [2.24, 2.45) is 5.92 Å². The molecule has 4 heteroatoms. The minimum Gasteiger partial charge on any atom is -0.469 e. The van der Waals surface area contributed by atoms with Crippen molar-refractivity contribution in [1.29, 1.82) is 0 Å². The Bertz CT molecular complexity index is 408. The van der Waals surface area contributed by atoms with Crippen LogP contribution in [0.2, 0.25) is 0 Å². The van der Waals surface area contributed by atoms with E-state index in [9.17, 15) is 5.21 Å². The van der Waals surface area contributed by atoms with Gasteiger partial charge in [0.05, 0.1) is 0 Å². The summed E-state index contributed by atoms with van der Waals surface area (Å²) in [5, 5.41) is 9.21. The summed E-state index contributed by atoms with van der Waals surface area (Å²) in [6, 6.07) is 0. The average molecular weight is 248 g/mol. The first-order valence-electron chi connectivity index (χ1n) is 6.61. The van der Waals surface area contributed by atoms with E-state index in [0.717, 1.165) is 18.5 Å². The fourth-order valence-corrected chi connectivity index (χ4v) is 3.56. The minimum atomic E-state index is -0.123. The van der Waals surface area contributed by atoms with Crippen molar-refractivity contribution >= 4 is 0 Å². The zero-order valence-corrected chi connectivity index (χ0v) is 10.6. The van der Waals surface area contributed by atoms with Gasteiger partial charge in [0.25, 0.3) is 0 Å². The van der Waals surface area contributed by atoms with Crippen molar-refractivity contribution in [2.45, 2.75) is 24.9 Å². The summed E-state index contributed by atoms with van der Waals surface area (Å²) < 4.78 is 6.07. The largest absolute Gasteiger partial charge is 0.469 e. The molecule has 1 unspecified atom stereocenters. The van der Waals surface area contributed by atoms with Gasteiger partial charge in [0.1, 0.15) is 5.60 Å². The van der Waals surface area contributed by atoms with Gasteiger partial charge in [0.2, 0.25) is 5.88 Å². The summed E-state index contributed by atoms with van der Waals surface area (Å²) in [6.45, 7) is 7.03. The third-order valence-corrected chi connectivity index (χ3v) is 4.44. The Labute approximate surface area is 108 Å². The number of ether oxygens (including phenoxy) is 1. The molecule has 98 valence electrons. The highest BCUT2D eigenvalue weighted by molar-refractivity contribution is 5.31. The lowest BCUT2D eigenvalue weighted by atomic mass is 9.73. The molecule has 2 bridgehead atoms. The van der Waals surface area contributed by atoms with Crippen LogP contribution >= 0.6 is 0 Å². The summed E-state index contributed by atoms with van der Waals surface area (Å²) in [5.41, 5.74) is 3.12. The maximum atomic E-state index is 9.21. The normalized spacial score (nSPS) is 38.5. The molecule has 0 aromatic carbocycles. The fourth-order valence-electron chi connectivity index (χ4n) is 3.56. The Balaban J connectivity index is 1.82. The highest BCUT2D eigenvalue weighted by Gasteiger charge is 2.52. The smallest absolute Gasteiger partial charge is 0.214 e. The van der Waals surface area contributed by atoms with Crippen LogP contribution in [0.5, 0.6) is 0 Å². The SMILES string of the molecule is C=C/C=C\C1=C(NO)OC2(C1)CN1CCC2CC1. The average Bonchev–Trinajstić information content (AvgIpc) is 2.75. The van der Waals surface area contributed by atoms with E-state index >= 15 is 0 Å². The molecular formula is C14H20N2O2. The molecule has 4 heterocycles. The van der Waals surface area contributed by atoms with Crippen molar-refractivity contribution in [3.05, 3.63) is 36.3 Å². The number of hydroxylamine groups is 1. The van der Waals surface area contributed by atoms with Gasteiger partial charge in [-0.2, -0.15) is 0 Å².